The van der Waals surface area contributed by atoms with Crippen LogP contribution in [0.15, 0.2) is 18.2 Å². The molecule has 2 aliphatic rings. The predicted molar refractivity (Wildman–Crippen MR) is 109 cm³/mol. The third kappa shape index (κ3) is 5.36. The number of aliphatic carboxylic acids is 1. The van der Waals surface area contributed by atoms with E-state index in [9.17, 15) is 14.7 Å². The summed E-state index contributed by atoms with van der Waals surface area (Å²) >= 11 is 0. The van der Waals surface area contributed by atoms with Crippen LogP contribution in [0.2, 0.25) is 0 Å². The van der Waals surface area contributed by atoms with Gasteiger partial charge in [0.05, 0.1) is 5.41 Å². The number of rotatable bonds is 14. The van der Waals surface area contributed by atoms with Crippen LogP contribution in [0.5, 0.6) is 0 Å². The maximum atomic E-state index is 11.2. The van der Waals surface area contributed by atoms with E-state index in [1.54, 1.807) is 0 Å². The molecule has 3 rings (SSSR count). The molecule has 0 aromatic heterocycles. The van der Waals surface area contributed by atoms with Crippen LogP contribution in [0.3, 0.4) is 0 Å². The number of hydrogen-bond acceptors (Lipinski definition) is 3. The Morgan fingerprint density at radius 2 is 1.61 bits per heavy atom. The summed E-state index contributed by atoms with van der Waals surface area (Å²) in [7, 11) is 0. The predicted octanol–water partition coefficient (Wildman–Crippen LogP) is 5.38. The van der Waals surface area contributed by atoms with Gasteiger partial charge in [-0.2, -0.15) is 0 Å². The maximum Gasteiger partial charge on any atom is 0.309 e. The van der Waals surface area contributed by atoms with Gasteiger partial charge in [-0.05, 0) is 94.2 Å². The van der Waals surface area contributed by atoms with Crippen LogP contribution in [0, 0.1) is 12.3 Å². The molecule has 2 fully saturated rings. The third-order valence-electron chi connectivity index (χ3n) is 6.90. The van der Waals surface area contributed by atoms with Crippen molar-refractivity contribution in [2.45, 2.75) is 96.0 Å². The monoisotopic (exact) mass is 386 g/mol. The highest BCUT2D eigenvalue weighted by Crippen LogP contribution is 2.50. The van der Waals surface area contributed by atoms with Gasteiger partial charge in [0.2, 0.25) is 0 Å². The van der Waals surface area contributed by atoms with Crippen LogP contribution >= 0.6 is 0 Å². The second kappa shape index (κ2) is 9.11. The minimum atomic E-state index is -0.596. The van der Waals surface area contributed by atoms with Crippen molar-refractivity contribution in [2.24, 2.45) is 5.41 Å². The molecule has 0 heterocycles. The molecule has 4 heteroatoms. The second-order valence-electron chi connectivity index (χ2n) is 8.95. The molecule has 0 spiro atoms. The number of aryl methyl sites for hydroxylation is 2. The minimum absolute atomic E-state index is 0.127. The molecule has 1 aromatic rings. The molecule has 0 bridgehead atoms. The largest absolute Gasteiger partial charge is 0.481 e. The van der Waals surface area contributed by atoms with Gasteiger partial charge in [0.15, 0.2) is 0 Å². The maximum absolute atomic E-state index is 11.2. The quantitative estimate of drug-likeness (QED) is 0.344. The van der Waals surface area contributed by atoms with Crippen molar-refractivity contribution < 1.29 is 19.4 Å². The Morgan fingerprint density at radius 1 is 1.00 bits per heavy atom. The van der Waals surface area contributed by atoms with Crippen molar-refractivity contribution in [1.82, 2.24) is 0 Å². The summed E-state index contributed by atoms with van der Waals surface area (Å²) in [6.45, 7) is 2.83. The fourth-order valence-corrected chi connectivity index (χ4v) is 4.39. The highest BCUT2D eigenvalue weighted by Gasteiger charge is 2.49. The van der Waals surface area contributed by atoms with Crippen LogP contribution in [-0.2, 0) is 27.2 Å². The fraction of sp³-hybridized carbons (Fsp3) is 0.667. The van der Waals surface area contributed by atoms with Gasteiger partial charge in [0.25, 0.3) is 6.47 Å². The van der Waals surface area contributed by atoms with E-state index in [2.05, 4.69) is 25.1 Å². The summed E-state index contributed by atoms with van der Waals surface area (Å²) in [4.78, 5) is 21.8. The Balaban J connectivity index is 1.36. The molecule has 1 N–H and O–H groups in total. The standard InChI is InChI=1S/C24H34O4/c1-19-20(8-3-2-5-12-23(14-15-23)22(26)27)10-7-11-21(19)9-4-6-13-24(16-17-24)28-18-25/h7,10-11,18H,2-6,8-9,12-17H2,1H3,(H,26,27). The van der Waals surface area contributed by atoms with E-state index in [1.165, 1.54) is 16.7 Å². The first-order valence-corrected chi connectivity index (χ1v) is 10.9. The van der Waals surface area contributed by atoms with Crippen molar-refractivity contribution in [1.29, 1.82) is 0 Å². The first kappa shape index (κ1) is 20.9. The van der Waals surface area contributed by atoms with Crippen molar-refractivity contribution in [3.8, 4) is 0 Å². The Labute approximate surface area is 168 Å². The summed E-state index contributed by atoms with van der Waals surface area (Å²) in [5, 5.41) is 9.25. The van der Waals surface area contributed by atoms with E-state index >= 15 is 0 Å². The molecule has 2 saturated carbocycles. The van der Waals surface area contributed by atoms with E-state index in [0.717, 1.165) is 83.5 Å². The van der Waals surface area contributed by atoms with Gasteiger partial charge in [0, 0.05) is 0 Å². The first-order valence-electron chi connectivity index (χ1n) is 10.9. The zero-order valence-electron chi connectivity index (χ0n) is 17.2. The summed E-state index contributed by atoms with van der Waals surface area (Å²) in [5.41, 5.74) is 3.78. The summed E-state index contributed by atoms with van der Waals surface area (Å²) in [5.74, 6) is -0.596. The Hall–Kier alpha value is -1.84. The number of carbonyl (C=O) groups excluding carboxylic acids is 1. The number of benzene rings is 1. The average molecular weight is 387 g/mol. The molecule has 0 aliphatic heterocycles. The third-order valence-corrected chi connectivity index (χ3v) is 6.90. The second-order valence-corrected chi connectivity index (χ2v) is 8.95. The highest BCUT2D eigenvalue weighted by molar-refractivity contribution is 5.77. The number of unbranched alkanes of at least 4 members (excludes halogenated alkanes) is 3. The molecule has 0 unspecified atom stereocenters. The topological polar surface area (TPSA) is 63.6 Å². The van der Waals surface area contributed by atoms with Gasteiger partial charge in [-0.3, -0.25) is 9.59 Å². The van der Waals surface area contributed by atoms with Gasteiger partial charge < -0.3 is 9.84 Å². The zero-order valence-corrected chi connectivity index (χ0v) is 17.2. The number of hydrogen-bond donors (Lipinski definition) is 1. The zero-order chi connectivity index (χ0) is 20.0. The molecular formula is C24H34O4. The lowest BCUT2D eigenvalue weighted by Gasteiger charge is -2.14. The van der Waals surface area contributed by atoms with Crippen LogP contribution in [-0.4, -0.2) is 23.1 Å². The normalized spacial score (nSPS) is 18.5. The van der Waals surface area contributed by atoms with E-state index in [4.69, 9.17) is 4.74 Å². The fourth-order valence-electron chi connectivity index (χ4n) is 4.39. The lowest BCUT2D eigenvalue weighted by molar-refractivity contribution is -0.143. The van der Waals surface area contributed by atoms with Crippen LogP contribution in [0.25, 0.3) is 0 Å². The molecular weight excluding hydrogens is 352 g/mol. The molecule has 154 valence electrons. The lowest BCUT2D eigenvalue weighted by Crippen LogP contribution is -2.14. The van der Waals surface area contributed by atoms with Crippen LogP contribution in [0.1, 0.15) is 87.3 Å². The number of ether oxygens (including phenoxy) is 1. The minimum Gasteiger partial charge on any atom is -0.481 e. The van der Waals surface area contributed by atoms with E-state index in [1.807, 2.05) is 0 Å². The Kier molecular flexibility index (Phi) is 6.79. The Morgan fingerprint density at radius 3 is 2.14 bits per heavy atom. The molecule has 0 saturated heterocycles. The van der Waals surface area contributed by atoms with Crippen molar-refractivity contribution in [3.05, 3.63) is 34.9 Å². The van der Waals surface area contributed by atoms with Crippen molar-refractivity contribution in [3.63, 3.8) is 0 Å². The average Bonchev–Trinajstić information content (AvgIpc) is 3.58. The molecule has 2 aliphatic carbocycles. The van der Waals surface area contributed by atoms with Gasteiger partial charge in [-0.25, -0.2) is 0 Å². The van der Waals surface area contributed by atoms with Crippen molar-refractivity contribution >= 4 is 12.4 Å². The summed E-state index contributed by atoms with van der Waals surface area (Å²) in [6.07, 6.45) is 13.3. The molecule has 0 amide bonds. The SMILES string of the molecule is Cc1c(CCCCCC2(C(=O)O)CC2)cccc1CCCCC1(OC=O)CC1. The van der Waals surface area contributed by atoms with E-state index < -0.39 is 5.97 Å². The van der Waals surface area contributed by atoms with Crippen molar-refractivity contribution in [2.75, 3.05) is 0 Å². The lowest BCUT2D eigenvalue weighted by atomic mass is 9.93. The molecule has 0 radical (unpaired) electrons. The highest BCUT2D eigenvalue weighted by atomic mass is 16.5. The summed E-state index contributed by atoms with van der Waals surface area (Å²) < 4.78 is 5.22. The number of carboxylic acids is 1. The smallest absolute Gasteiger partial charge is 0.309 e. The van der Waals surface area contributed by atoms with Gasteiger partial charge in [-0.1, -0.05) is 31.0 Å². The summed E-state index contributed by atoms with van der Waals surface area (Å²) in [6, 6.07) is 6.63. The number of carbonyl (C=O) groups is 2. The molecule has 1 aromatic carbocycles. The molecule has 0 atom stereocenters. The number of carboxylic acid groups (broad SMARTS) is 1. The molecule has 28 heavy (non-hydrogen) atoms. The first-order chi connectivity index (χ1) is 13.5. The van der Waals surface area contributed by atoms with E-state index in [0.29, 0.717) is 6.47 Å². The molecule has 4 nitrogen and oxygen atoms in total. The Bertz CT molecular complexity index is 686. The van der Waals surface area contributed by atoms with Gasteiger partial charge in [-0.15, -0.1) is 0 Å². The van der Waals surface area contributed by atoms with Crippen LogP contribution < -0.4 is 0 Å². The van der Waals surface area contributed by atoms with E-state index in [-0.39, 0.29) is 11.0 Å². The van der Waals surface area contributed by atoms with Gasteiger partial charge in [0.1, 0.15) is 5.60 Å². The van der Waals surface area contributed by atoms with Gasteiger partial charge >= 0.3 is 5.97 Å². The van der Waals surface area contributed by atoms with Crippen LogP contribution in [0.4, 0.5) is 0 Å².